The molecule has 1 aromatic carbocycles. The van der Waals surface area contributed by atoms with Crippen molar-refractivity contribution in [1.29, 1.82) is 0 Å². The number of Topliss-reactive ketones (excluding diaryl/α,β-unsaturated/α-hetero) is 1. The highest BCUT2D eigenvalue weighted by Gasteiger charge is 2.31. The van der Waals surface area contributed by atoms with Crippen LogP contribution in [0.4, 0.5) is 4.39 Å². The monoisotopic (exact) mass is 386 g/mol. The second-order valence-electron chi connectivity index (χ2n) is 7.77. The van der Waals surface area contributed by atoms with Gasteiger partial charge in [0.05, 0.1) is 18.4 Å². The van der Waals surface area contributed by atoms with Gasteiger partial charge >= 0.3 is 0 Å². The molecule has 0 N–H and O–H groups in total. The zero-order chi connectivity index (χ0) is 20.1. The van der Waals surface area contributed by atoms with Crippen LogP contribution in [0.2, 0.25) is 0 Å². The minimum atomic E-state index is -0.274. The van der Waals surface area contributed by atoms with Gasteiger partial charge in [0, 0.05) is 24.2 Å². The van der Waals surface area contributed by atoms with Crippen molar-refractivity contribution in [2.75, 3.05) is 13.2 Å². The first kappa shape index (κ1) is 20.4. The molecule has 1 atom stereocenters. The molecule has 0 unspecified atom stereocenters. The van der Waals surface area contributed by atoms with Crippen LogP contribution in [-0.2, 0) is 9.53 Å². The molecule has 1 heterocycles. The van der Waals surface area contributed by atoms with Gasteiger partial charge in [-0.3, -0.25) is 0 Å². The van der Waals surface area contributed by atoms with E-state index >= 15 is 0 Å². The third-order valence-electron chi connectivity index (χ3n) is 5.06. The van der Waals surface area contributed by atoms with E-state index in [1.165, 1.54) is 18.5 Å². The molecule has 1 aromatic heterocycles. The Morgan fingerprint density at radius 1 is 1.25 bits per heavy atom. The predicted octanol–water partition coefficient (Wildman–Crippen LogP) is 4.38. The Morgan fingerprint density at radius 2 is 1.96 bits per heavy atom. The quantitative estimate of drug-likeness (QED) is 0.640. The maximum Gasteiger partial charge on any atom is 0.219 e. The molecule has 1 aliphatic carbocycles. The third-order valence-corrected chi connectivity index (χ3v) is 5.06. The minimum Gasteiger partial charge on any atom is -0.477 e. The van der Waals surface area contributed by atoms with Gasteiger partial charge < -0.3 is 14.3 Å². The van der Waals surface area contributed by atoms with Crippen molar-refractivity contribution in [2.24, 2.45) is 11.8 Å². The van der Waals surface area contributed by atoms with E-state index < -0.39 is 0 Å². The van der Waals surface area contributed by atoms with Crippen LogP contribution in [0.25, 0.3) is 11.3 Å². The minimum absolute atomic E-state index is 0.205. The third kappa shape index (κ3) is 5.35. The Balaban J connectivity index is 1.47. The SMILES string of the molecule is CC(=O)C[C@@H](C)COC1CC(COc2ncnc(-c3ccc(F)cc3)c2C)C1. The second-order valence-corrected chi connectivity index (χ2v) is 7.77. The molecule has 5 nitrogen and oxygen atoms in total. The number of rotatable bonds is 9. The van der Waals surface area contributed by atoms with E-state index in [9.17, 15) is 9.18 Å². The van der Waals surface area contributed by atoms with Crippen molar-refractivity contribution in [3.8, 4) is 17.1 Å². The summed E-state index contributed by atoms with van der Waals surface area (Å²) in [5.41, 5.74) is 2.43. The van der Waals surface area contributed by atoms with Crippen molar-refractivity contribution >= 4 is 5.78 Å². The van der Waals surface area contributed by atoms with Crippen molar-refractivity contribution in [3.63, 3.8) is 0 Å². The van der Waals surface area contributed by atoms with Gasteiger partial charge in [0.25, 0.3) is 0 Å². The van der Waals surface area contributed by atoms with E-state index in [2.05, 4.69) is 9.97 Å². The fourth-order valence-corrected chi connectivity index (χ4v) is 3.47. The lowest BCUT2D eigenvalue weighted by atomic mass is 9.83. The first-order valence-corrected chi connectivity index (χ1v) is 9.73. The van der Waals surface area contributed by atoms with Crippen LogP contribution in [0.3, 0.4) is 0 Å². The number of aromatic nitrogens is 2. The zero-order valence-electron chi connectivity index (χ0n) is 16.7. The van der Waals surface area contributed by atoms with Crippen LogP contribution in [0.15, 0.2) is 30.6 Å². The smallest absolute Gasteiger partial charge is 0.219 e. The molecule has 0 radical (unpaired) electrons. The number of ether oxygens (including phenoxy) is 2. The van der Waals surface area contributed by atoms with Crippen LogP contribution in [-0.4, -0.2) is 35.1 Å². The van der Waals surface area contributed by atoms with Gasteiger partial charge in [-0.25, -0.2) is 14.4 Å². The van der Waals surface area contributed by atoms with E-state index in [0.29, 0.717) is 31.4 Å². The van der Waals surface area contributed by atoms with Gasteiger partial charge in [-0.2, -0.15) is 0 Å². The van der Waals surface area contributed by atoms with Gasteiger partial charge in [-0.05, 0) is 62.8 Å². The highest BCUT2D eigenvalue weighted by atomic mass is 19.1. The number of carbonyl (C=O) groups is 1. The van der Waals surface area contributed by atoms with Gasteiger partial charge in [0.15, 0.2) is 0 Å². The molecule has 28 heavy (non-hydrogen) atoms. The van der Waals surface area contributed by atoms with Crippen LogP contribution in [0.1, 0.15) is 38.7 Å². The normalized spacial score (nSPS) is 19.7. The van der Waals surface area contributed by atoms with Crippen LogP contribution >= 0.6 is 0 Å². The molecule has 2 aromatic rings. The summed E-state index contributed by atoms with van der Waals surface area (Å²) in [5.74, 6) is 1.20. The second kappa shape index (κ2) is 9.24. The number of hydrogen-bond donors (Lipinski definition) is 0. The summed E-state index contributed by atoms with van der Waals surface area (Å²) >= 11 is 0. The van der Waals surface area contributed by atoms with Crippen molar-refractivity contribution < 1.29 is 18.7 Å². The lowest BCUT2D eigenvalue weighted by molar-refractivity contribution is -0.119. The van der Waals surface area contributed by atoms with Gasteiger partial charge in [0.1, 0.15) is 17.9 Å². The van der Waals surface area contributed by atoms with E-state index in [1.54, 1.807) is 19.1 Å². The Bertz CT molecular complexity index is 804. The lowest BCUT2D eigenvalue weighted by Gasteiger charge is -2.35. The molecule has 150 valence electrons. The molecule has 1 fully saturated rings. The highest BCUT2D eigenvalue weighted by Crippen LogP contribution is 2.32. The highest BCUT2D eigenvalue weighted by molar-refractivity contribution is 5.75. The number of ketones is 1. The van der Waals surface area contributed by atoms with Gasteiger partial charge in [-0.15, -0.1) is 0 Å². The zero-order valence-corrected chi connectivity index (χ0v) is 16.7. The number of benzene rings is 1. The fourth-order valence-electron chi connectivity index (χ4n) is 3.47. The molecule has 1 saturated carbocycles. The summed E-state index contributed by atoms with van der Waals surface area (Å²) in [6.45, 7) is 6.78. The van der Waals surface area contributed by atoms with E-state index in [0.717, 1.165) is 29.7 Å². The van der Waals surface area contributed by atoms with E-state index in [1.807, 2.05) is 13.8 Å². The van der Waals surface area contributed by atoms with Crippen LogP contribution in [0.5, 0.6) is 5.88 Å². The molecule has 3 rings (SSSR count). The van der Waals surface area contributed by atoms with Gasteiger partial charge in [0.2, 0.25) is 5.88 Å². The molecule has 0 bridgehead atoms. The average Bonchev–Trinajstić information content (AvgIpc) is 2.61. The van der Waals surface area contributed by atoms with E-state index in [4.69, 9.17) is 9.47 Å². The maximum absolute atomic E-state index is 13.1. The molecule has 6 heteroatoms. The standard InChI is InChI=1S/C22H27FN2O3/c1-14(8-15(2)26)11-27-20-9-17(10-20)12-28-22-16(3)21(24-13-25-22)18-4-6-19(23)7-5-18/h4-7,13-14,17,20H,8-12H2,1-3H3/t14-,17?,20?/m1/s1. The summed E-state index contributed by atoms with van der Waals surface area (Å²) in [6, 6.07) is 6.25. The number of halogens is 1. The van der Waals surface area contributed by atoms with Gasteiger partial charge in [-0.1, -0.05) is 6.92 Å². The molecule has 0 amide bonds. The number of carbonyl (C=O) groups excluding carboxylic acids is 1. The molecular weight excluding hydrogens is 359 g/mol. The summed E-state index contributed by atoms with van der Waals surface area (Å²) in [5, 5.41) is 0. The topological polar surface area (TPSA) is 61.3 Å². The molecule has 0 aliphatic heterocycles. The van der Waals surface area contributed by atoms with E-state index in [-0.39, 0.29) is 23.6 Å². The summed E-state index contributed by atoms with van der Waals surface area (Å²) < 4.78 is 24.9. The largest absolute Gasteiger partial charge is 0.477 e. The molecular formula is C22H27FN2O3. The summed E-state index contributed by atoms with van der Waals surface area (Å²) in [7, 11) is 0. The Morgan fingerprint density at radius 3 is 2.64 bits per heavy atom. The van der Waals surface area contributed by atoms with Crippen molar-refractivity contribution in [3.05, 3.63) is 42.0 Å². The van der Waals surface area contributed by atoms with Crippen molar-refractivity contribution in [1.82, 2.24) is 9.97 Å². The summed E-state index contributed by atoms with van der Waals surface area (Å²) in [6.07, 6.45) is 4.22. The predicted molar refractivity (Wildman–Crippen MR) is 105 cm³/mol. The van der Waals surface area contributed by atoms with Crippen LogP contribution in [0, 0.1) is 24.6 Å². The molecule has 1 aliphatic rings. The van der Waals surface area contributed by atoms with Crippen molar-refractivity contribution in [2.45, 2.75) is 46.1 Å². The summed E-state index contributed by atoms with van der Waals surface area (Å²) in [4.78, 5) is 19.7. The fraction of sp³-hybridized carbons (Fsp3) is 0.500. The Hall–Kier alpha value is -2.34. The Kier molecular flexibility index (Phi) is 6.73. The molecule has 0 spiro atoms. The first-order valence-electron chi connectivity index (χ1n) is 9.73. The molecule has 0 saturated heterocycles. The maximum atomic E-state index is 13.1. The number of hydrogen-bond acceptors (Lipinski definition) is 5. The lowest BCUT2D eigenvalue weighted by Crippen LogP contribution is -2.36. The Labute approximate surface area is 165 Å². The first-order chi connectivity index (χ1) is 13.4. The average molecular weight is 386 g/mol. The van der Waals surface area contributed by atoms with Crippen LogP contribution < -0.4 is 4.74 Å². The number of nitrogens with zero attached hydrogens (tertiary/aromatic N) is 2.